The molecule has 0 saturated heterocycles. The summed E-state index contributed by atoms with van der Waals surface area (Å²) in [4.78, 5) is 12.1. The summed E-state index contributed by atoms with van der Waals surface area (Å²) >= 11 is 0. The summed E-state index contributed by atoms with van der Waals surface area (Å²) in [6.45, 7) is 2.70. The lowest BCUT2D eigenvalue weighted by atomic mass is 10.0. The van der Waals surface area contributed by atoms with Crippen molar-refractivity contribution in [3.63, 3.8) is 0 Å². The van der Waals surface area contributed by atoms with Gasteiger partial charge in [0.25, 0.3) is 5.91 Å². The van der Waals surface area contributed by atoms with Crippen molar-refractivity contribution in [3.05, 3.63) is 29.3 Å². The Hall–Kier alpha value is -1.51. The van der Waals surface area contributed by atoms with Crippen molar-refractivity contribution < 1.29 is 4.79 Å². The number of nitrogens with two attached hydrogens (primary N) is 1. The number of amides is 1. The number of hydrogen-bond acceptors (Lipinski definition) is 2. The Kier molecular flexibility index (Phi) is 5.45. The van der Waals surface area contributed by atoms with E-state index in [1.54, 1.807) is 6.07 Å². The minimum atomic E-state index is -0.00401. The molecule has 3 nitrogen and oxygen atoms in total. The number of anilines is 1. The molecule has 1 aliphatic carbocycles. The van der Waals surface area contributed by atoms with Gasteiger partial charge in [0.05, 0.1) is 0 Å². The summed E-state index contributed by atoms with van der Waals surface area (Å²) in [5.41, 5.74) is 8.04. The molecule has 20 heavy (non-hydrogen) atoms. The highest BCUT2D eigenvalue weighted by atomic mass is 16.1. The molecular formula is C17H26N2O. The molecule has 0 aromatic heterocycles. The number of rotatable bonds is 6. The van der Waals surface area contributed by atoms with Crippen molar-refractivity contribution >= 4 is 11.6 Å². The smallest absolute Gasteiger partial charge is 0.251 e. The largest absolute Gasteiger partial charge is 0.399 e. The maximum Gasteiger partial charge on any atom is 0.251 e. The van der Waals surface area contributed by atoms with Crippen LogP contribution in [-0.4, -0.2) is 12.5 Å². The Morgan fingerprint density at radius 3 is 2.80 bits per heavy atom. The quantitative estimate of drug-likeness (QED) is 0.614. The van der Waals surface area contributed by atoms with E-state index in [0.717, 1.165) is 24.4 Å². The Labute approximate surface area is 121 Å². The molecule has 0 radical (unpaired) electrons. The van der Waals surface area contributed by atoms with Gasteiger partial charge in [-0.05, 0) is 37.0 Å². The van der Waals surface area contributed by atoms with Crippen molar-refractivity contribution in [2.75, 3.05) is 12.3 Å². The van der Waals surface area contributed by atoms with Gasteiger partial charge in [0.2, 0.25) is 0 Å². The van der Waals surface area contributed by atoms with Gasteiger partial charge in [-0.15, -0.1) is 0 Å². The number of benzene rings is 1. The van der Waals surface area contributed by atoms with E-state index in [1.807, 2.05) is 19.1 Å². The van der Waals surface area contributed by atoms with Gasteiger partial charge in [-0.1, -0.05) is 44.6 Å². The minimum absolute atomic E-state index is 0.00401. The van der Waals surface area contributed by atoms with Gasteiger partial charge >= 0.3 is 0 Å². The lowest BCUT2D eigenvalue weighted by Gasteiger charge is -2.10. The molecule has 0 heterocycles. The molecule has 1 aliphatic rings. The van der Waals surface area contributed by atoms with E-state index in [0.29, 0.717) is 11.3 Å². The average Bonchev–Trinajstić information content (AvgIpc) is 2.94. The summed E-state index contributed by atoms with van der Waals surface area (Å²) in [5, 5.41) is 3.00. The molecule has 110 valence electrons. The normalized spacial score (nSPS) is 15.4. The van der Waals surface area contributed by atoms with Crippen LogP contribution in [0, 0.1) is 12.8 Å². The highest BCUT2D eigenvalue weighted by Gasteiger charge is 2.14. The van der Waals surface area contributed by atoms with E-state index in [2.05, 4.69) is 5.32 Å². The summed E-state index contributed by atoms with van der Waals surface area (Å²) in [6.07, 6.45) is 9.27. The van der Waals surface area contributed by atoms with Gasteiger partial charge in [-0.2, -0.15) is 0 Å². The first-order chi connectivity index (χ1) is 9.66. The topological polar surface area (TPSA) is 55.1 Å². The van der Waals surface area contributed by atoms with Gasteiger partial charge < -0.3 is 11.1 Å². The van der Waals surface area contributed by atoms with Crippen molar-refractivity contribution in [1.82, 2.24) is 5.32 Å². The van der Waals surface area contributed by atoms with E-state index in [1.165, 1.54) is 38.5 Å². The average molecular weight is 274 g/mol. The molecule has 1 saturated carbocycles. The Morgan fingerprint density at radius 1 is 1.30 bits per heavy atom. The van der Waals surface area contributed by atoms with Crippen LogP contribution in [0.3, 0.4) is 0 Å². The van der Waals surface area contributed by atoms with Gasteiger partial charge in [0.1, 0.15) is 0 Å². The molecule has 1 amide bonds. The van der Waals surface area contributed by atoms with E-state index in [4.69, 9.17) is 5.73 Å². The number of nitrogens with one attached hydrogen (secondary N) is 1. The van der Waals surface area contributed by atoms with Crippen molar-refractivity contribution in [1.29, 1.82) is 0 Å². The number of carbonyl (C=O) groups is 1. The van der Waals surface area contributed by atoms with E-state index in [-0.39, 0.29) is 5.91 Å². The molecule has 3 heteroatoms. The number of hydrogen-bond donors (Lipinski definition) is 2. The number of unbranched alkanes of at least 4 members (excludes halogenated alkanes) is 1. The van der Waals surface area contributed by atoms with Gasteiger partial charge in [0.15, 0.2) is 0 Å². The van der Waals surface area contributed by atoms with Gasteiger partial charge in [-0.3, -0.25) is 4.79 Å². The van der Waals surface area contributed by atoms with Gasteiger partial charge in [-0.25, -0.2) is 0 Å². The minimum Gasteiger partial charge on any atom is -0.399 e. The fraction of sp³-hybridized carbons (Fsp3) is 0.588. The van der Waals surface area contributed by atoms with Crippen LogP contribution in [0.1, 0.15) is 60.9 Å². The zero-order valence-electron chi connectivity index (χ0n) is 12.5. The van der Waals surface area contributed by atoms with Gasteiger partial charge in [0, 0.05) is 17.8 Å². The van der Waals surface area contributed by atoms with Crippen LogP contribution in [0.4, 0.5) is 5.69 Å². The van der Waals surface area contributed by atoms with E-state index >= 15 is 0 Å². The Morgan fingerprint density at radius 2 is 2.05 bits per heavy atom. The van der Waals surface area contributed by atoms with E-state index in [9.17, 15) is 4.79 Å². The van der Waals surface area contributed by atoms with Crippen molar-refractivity contribution in [3.8, 4) is 0 Å². The second-order valence-electron chi connectivity index (χ2n) is 5.98. The maximum absolute atomic E-state index is 12.1. The SMILES string of the molecule is Cc1ccc(N)cc1C(=O)NCCCCC1CCCC1. The standard InChI is InChI=1S/C17H26N2O/c1-13-9-10-15(18)12-16(13)17(20)19-11-5-4-8-14-6-2-3-7-14/h9-10,12,14H,2-8,11,18H2,1H3,(H,19,20). The van der Waals surface area contributed by atoms with Crippen LogP contribution in [0.2, 0.25) is 0 Å². The van der Waals surface area contributed by atoms with Crippen LogP contribution >= 0.6 is 0 Å². The molecule has 0 aliphatic heterocycles. The third kappa shape index (κ3) is 4.26. The number of aryl methyl sites for hydroxylation is 1. The molecule has 1 aromatic carbocycles. The molecule has 0 unspecified atom stereocenters. The number of nitrogen functional groups attached to an aromatic ring is 1. The summed E-state index contributed by atoms with van der Waals surface area (Å²) in [6, 6.07) is 5.47. The third-order valence-electron chi connectivity index (χ3n) is 4.31. The predicted molar refractivity (Wildman–Crippen MR) is 83.7 cm³/mol. The maximum atomic E-state index is 12.1. The summed E-state index contributed by atoms with van der Waals surface area (Å²) in [7, 11) is 0. The van der Waals surface area contributed by atoms with Crippen molar-refractivity contribution in [2.24, 2.45) is 5.92 Å². The first-order valence-electron chi connectivity index (χ1n) is 7.81. The lowest BCUT2D eigenvalue weighted by molar-refractivity contribution is 0.0952. The lowest BCUT2D eigenvalue weighted by Crippen LogP contribution is -2.25. The van der Waals surface area contributed by atoms with Crippen LogP contribution in [0.25, 0.3) is 0 Å². The highest BCUT2D eigenvalue weighted by Crippen LogP contribution is 2.28. The second kappa shape index (κ2) is 7.32. The Bertz CT molecular complexity index is 450. The van der Waals surface area contributed by atoms with Crippen LogP contribution in [0.15, 0.2) is 18.2 Å². The molecule has 2 rings (SSSR count). The van der Waals surface area contributed by atoms with Crippen LogP contribution in [0.5, 0.6) is 0 Å². The predicted octanol–water partition coefficient (Wildman–Crippen LogP) is 3.67. The monoisotopic (exact) mass is 274 g/mol. The zero-order chi connectivity index (χ0) is 14.4. The molecule has 1 aromatic rings. The third-order valence-corrected chi connectivity index (χ3v) is 4.31. The Balaban J connectivity index is 1.68. The first kappa shape index (κ1) is 14.9. The summed E-state index contributed by atoms with van der Waals surface area (Å²) in [5.74, 6) is 0.942. The highest BCUT2D eigenvalue weighted by molar-refractivity contribution is 5.96. The molecule has 0 atom stereocenters. The van der Waals surface area contributed by atoms with Crippen LogP contribution in [-0.2, 0) is 0 Å². The van der Waals surface area contributed by atoms with Crippen molar-refractivity contribution in [2.45, 2.75) is 51.9 Å². The summed E-state index contributed by atoms with van der Waals surface area (Å²) < 4.78 is 0. The first-order valence-corrected chi connectivity index (χ1v) is 7.81. The molecule has 0 bridgehead atoms. The molecular weight excluding hydrogens is 248 g/mol. The molecule has 3 N–H and O–H groups in total. The van der Waals surface area contributed by atoms with E-state index < -0.39 is 0 Å². The second-order valence-corrected chi connectivity index (χ2v) is 5.98. The molecule has 1 fully saturated rings. The molecule has 0 spiro atoms. The fourth-order valence-corrected chi connectivity index (χ4v) is 3.04. The number of carbonyl (C=O) groups excluding carboxylic acids is 1. The fourth-order valence-electron chi connectivity index (χ4n) is 3.04. The zero-order valence-corrected chi connectivity index (χ0v) is 12.5. The van der Waals surface area contributed by atoms with Crippen LogP contribution < -0.4 is 11.1 Å².